The Kier molecular flexibility index (Phi) is 4.16. The highest BCUT2D eigenvalue weighted by Gasteiger charge is 2.36. The van der Waals surface area contributed by atoms with Gasteiger partial charge in [0.25, 0.3) is 0 Å². The fraction of sp³-hybridized carbons (Fsp3) is 0.455. The van der Waals surface area contributed by atoms with Crippen LogP contribution in [0.2, 0.25) is 0 Å². The third kappa shape index (κ3) is 3.14. The first-order valence-corrected chi connectivity index (χ1v) is 10.5. The number of nitrogens with one attached hydrogen (secondary N) is 2. The zero-order valence-electron chi connectivity index (χ0n) is 16.3. The van der Waals surface area contributed by atoms with Crippen molar-refractivity contribution in [3.63, 3.8) is 0 Å². The molecule has 2 fully saturated rings. The molecule has 0 amide bonds. The zero-order chi connectivity index (χ0) is 19.2. The van der Waals surface area contributed by atoms with E-state index in [1.807, 2.05) is 6.07 Å². The van der Waals surface area contributed by atoms with Crippen LogP contribution in [0.5, 0.6) is 5.75 Å². The molecule has 0 unspecified atom stereocenters. The molecule has 1 saturated carbocycles. The van der Waals surface area contributed by atoms with Gasteiger partial charge in [0.1, 0.15) is 30.1 Å². The van der Waals surface area contributed by atoms with Crippen molar-refractivity contribution in [1.29, 1.82) is 0 Å². The minimum atomic E-state index is 0.0930. The fourth-order valence-corrected chi connectivity index (χ4v) is 4.58. The van der Waals surface area contributed by atoms with Crippen LogP contribution >= 0.6 is 0 Å². The van der Waals surface area contributed by atoms with Crippen molar-refractivity contribution in [2.24, 2.45) is 0 Å². The quantitative estimate of drug-likeness (QED) is 0.712. The molecule has 2 aromatic heterocycles. The minimum absolute atomic E-state index is 0.0930. The van der Waals surface area contributed by atoms with E-state index in [1.165, 1.54) is 24.1 Å². The molecule has 4 heterocycles. The Bertz CT molecular complexity index is 1020. The summed E-state index contributed by atoms with van der Waals surface area (Å²) in [5.41, 5.74) is 3.37. The number of nitrogens with zero attached hydrogens (tertiary/aromatic N) is 3. The van der Waals surface area contributed by atoms with Gasteiger partial charge in [-0.3, -0.25) is 4.90 Å². The lowest BCUT2D eigenvalue weighted by Crippen LogP contribution is -2.52. The number of H-pyrrole nitrogens is 1. The molecule has 3 aliphatic rings. The molecule has 29 heavy (non-hydrogen) atoms. The standard InChI is InChI=1S/C22H25N5O2/c1-2-4-19-15(3-1)20(18(12-29-19)27-7-9-28-10-8-27)26-22-16-11-17(14-5-6-14)25-21(16)23-13-24-22/h1-4,11,13-14,18,20H,5-10,12H2,(H2,23,24,25,26)/t18-,20-/m0/s1. The van der Waals surface area contributed by atoms with Crippen LogP contribution < -0.4 is 10.1 Å². The lowest BCUT2D eigenvalue weighted by atomic mass is 9.94. The lowest BCUT2D eigenvalue weighted by Gasteiger charge is -2.42. The number of aromatic nitrogens is 3. The number of aromatic amines is 1. The number of ether oxygens (including phenoxy) is 2. The first kappa shape index (κ1) is 17.2. The first-order valence-electron chi connectivity index (χ1n) is 10.5. The Morgan fingerprint density at radius 1 is 1.10 bits per heavy atom. The normalized spacial score (nSPS) is 24.8. The third-order valence-electron chi connectivity index (χ3n) is 6.32. The van der Waals surface area contributed by atoms with Gasteiger partial charge in [0, 0.05) is 24.3 Å². The molecule has 3 aromatic rings. The van der Waals surface area contributed by atoms with Gasteiger partial charge in [-0.25, -0.2) is 9.97 Å². The molecule has 1 aromatic carbocycles. The van der Waals surface area contributed by atoms with E-state index in [0.29, 0.717) is 12.5 Å². The molecule has 2 N–H and O–H groups in total. The van der Waals surface area contributed by atoms with E-state index in [1.54, 1.807) is 6.33 Å². The van der Waals surface area contributed by atoms with E-state index >= 15 is 0 Å². The monoisotopic (exact) mass is 391 g/mol. The highest BCUT2D eigenvalue weighted by Crippen LogP contribution is 2.42. The summed E-state index contributed by atoms with van der Waals surface area (Å²) >= 11 is 0. The van der Waals surface area contributed by atoms with Crippen LogP contribution in [-0.2, 0) is 4.74 Å². The number of hydrogen-bond acceptors (Lipinski definition) is 6. The number of benzene rings is 1. The molecule has 6 rings (SSSR count). The Hall–Kier alpha value is -2.64. The Morgan fingerprint density at radius 2 is 1.97 bits per heavy atom. The van der Waals surface area contributed by atoms with Crippen molar-refractivity contribution in [3.8, 4) is 5.75 Å². The molecule has 0 spiro atoms. The van der Waals surface area contributed by atoms with Crippen LogP contribution in [0.4, 0.5) is 5.82 Å². The van der Waals surface area contributed by atoms with Crippen molar-refractivity contribution in [3.05, 3.63) is 47.9 Å². The highest BCUT2D eigenvalue weighted by atomic mass is 16.5. The fourth-order valence-electron chi connectivity index (χ4n) is 4.58. The molecular formula is C22H25N5O2. The highest BCUT2D eigenvalue weighted by molar-refractivity contribution is 5.88. The topological polar surface area (TPSA) is 75.3 Å². The molecule has 0 bridgehead atoms. The summed E-state index contributed by atoms with van der Waals surface area (Å²) in [6, 6.07) is 10.9. The second-order valence-electron chi connectivity index (χ2n) is 8.17. The summed E-state index contributed by atoms with van der Waals surface area (Å²) in [6.07, 6.45) is 4.16. The summed E-state index contributed by atoms with van der Waals surface area (Å²) in [6.45, 7) is 4.03. The zero-order valence-corrected chi connectivity index (χ0v) is 16.3. The molecule has 7 heteroatoms. The molecule has 150 valence electrons. The maximum Gasteiger partial charge on any atom is 0.143 e. The second kappa shape index (κ2) is 7.00. The summed E-state index contributed by atoms with van der Waals surface area (Å²) in [4.78, 5) is 15.0. The maximum absolute atomic E-state index is 6.13. The average molecular weight is 391 g/mol. The number of morpholine rings is 1. The van der Waals surface area contributed by atoms with Crippen LogP contribution in [0, 0.1) is 0 Å². The smallest absolute Gasteiger partial charge is 0.143 e. The SMILES string of the molecule is c1ccc2c(c1)OC[C@H](N1CCOCC1)[C@H]2Nc1ncnc2[nH]c(C3CC3)cc12. The van der Waals surface area contributed by atoms with Gasteiger partial charge in [-0.2, -0.15) is 0 Å². The van der Waals surface area contributed by atoms with Crippen LogP contribution in [0.3, 0.4) is 0 Å². The number of fused-ring (bicyclic) bond motifs is 2. The van der Waals surface area contributed by atoms with Crippen molar-refractivity contribution >= 4 is 16.9 Å². The van der Waals surface area contributed by atoms with Crippen molar-refractivity contribution in [1.82, 2.24) is 19.9 Å². The number of hydrogen-bond donors (Lipinski definition) is 2. The van der Waals surface area contributed by atoms with E-state index in [4.69, 9.17) is 9.47 Å². The molecule has 0 radical (unpaired) electrons. The number of rotatable bonds is 4. The van der Waals surface area contributed by atoms with Gasteiger partial charge in [0.2, 0.25) is 0 Å². The average Bonchev–Trinajstić information content (AvgIpc) is 3.53. The third-order valence-corrected chi connectivity index (χ3v) is 6.32. The van der Waals surface area contributed by atoms with Gasteiger partial charge in [0.05, 0.1) is 30.7 Å². The van der Waals surface area contributed by atoms with Gasteiger partial charge in [-0.1, -0.05) is 18.2 Å². The molecule has 2 atom stereocenters. The molecular weight excluding hydrogens is 366 g/mol. The van der Waals surface area contributed by atoms with Crippen LogP contribution in [0.1, 0.15) is 36.1 Å². The number of para-hydroxylation sites is 1. The molecule has 1 saturated heterocycles. The summed E-state index contributed by atoms with van der Waals surface area (Å²) in [7, 11) is 0. The Balaban J connectivity index is 1.38. The minimum Gasteiger partial charge on any atom is -0.491 e. The predicted molar refractivity (Wildman–Crippen MR) is 110 cm³/mol. The predicted octanol–water partition coefficient (Wildman–Crippen LogP) is 3.08. The number of anilines is 1. The Labute approximate surface area is 169 Å². The lowest BCUT2D eigenvalue weighted by molar-refractivity contribution is -0.00341. The van der Waals surface area contributed by atoms with Crippen LogP contribution in [-0.4, -0.2) is 58.8 Å². The van der Waals surface area contributed by atoms with Crippen molar-refractivity contribution < 1.29 is 9.47 Å². The van der Waals surface area contributed by atoms with Gasteiger partial charge in [-0.15, -0.1) is 0 Å². The van der Waals surface area contributed by atoms with Crippen molar-refractivity contribution in [2.75, 3.05) is 38.2 Å². The van der Waals surface area contributed by atoms with Gasteiger partial charge in [0.15, 0.2) is 0 Å². The Morgan fingerprint density at radius 3 is 2.83 bits per heavy atom. The van der Waals surface area contributed by atoms with E-state index < -0.39 is 0 Å². The van der Waals surface area contributed by atoms with Crippen LogP contribution in [0.25, 0.3) is 11.0 Å². The van der Waals surface area contributed by atoms with Gasteiger partial charge >= 0.3 is 0 Å². The summed E-state index contributed by atoms with van der Waals surface area (Å²) in [5, 5.41) is 4.84. The van der Waals surface area contributed by atoms with E-state index in [-0.39, 0.29) is 12.1 Å². The first-order chi connectivity index (χ1) is 14.4. The second-order valence-corrected chi connectivity index (χ2v) is 8.17. The molecule has 7 nitrogen and oxygen atoms in total. The molecule has 1 aliphatic carbocycles. The van der Waals surface area contributed by atoms with E-state index in [0.717, 1.165) is 48.9 Å². The van der Waals surface area contributed by atoms with E-state index in [2.05, 4.69) is 49.4 Å². The van der Waals surface area contributed by atoms with Gasteiger partial charge < -0.3 is 19.8 Å². The molecule has 2 aliphatic heterocycles. The van der Waals surface area contributed by atoms with Crippen LogP contribution in [0.15, 0.2) is 36.7 Å². The summed E-state index contributed by atoms with van der Waals surface area (Å²) in [5.74, 6) is 2.49. The maximum atomic E-state index is 6.13. The largest absolute Gasteiger partial charge is 0.491 e. The summed E-state index contributed by atoms with van der Waals surface area (Å²) < 4.78 is 11.7. The van der Waals surface area contributed by atoms with Gasteiger partial charge in [-0.05, 0) is 30.9 Å². The van der Waals surface area contributed by atoms with Crippen molar-refractivity contribution in [2.45, 2.75) is 30.8 Å². The van der Waals surface area contributed by atoms with E-state index in [9.17, 15) is 0 Å².